The van der Waals surface area contributed by atoms with Gasteiger partial charge in [0.1, 0.15) is 11.6 Å². The van der Waals surface area contributed by atoms with Crippen LogP contribution in [0.4, 0.5) is 23.0 Å². The van der Waals surface area contributed by atoms with E-state index in [0.29, 0.717) is 40.5 Å². The number of nitrogens with one attached hydrogen (secondary N) is 3. The highest BCUT2D eigenvalue weighted by Gasteiger charge is 2.17. The van der Waals surface area contributed by atoms with E-state index >= 15 is 0 Å². The largest absolute Gasteiger partial charge is 0.355 e. The molecule has 4 heterocycles. The number of rotatable bonds is 6. The van der Waals surface area contributed by atoms with E-state index in [1.807, 2.05) is 50.7 Å². The van der Waals surface area contributed by atoms with E-state index in [-0.39, 0.29) is 11.5 Å². The van der Waals surface area contributed by atoms with Gasteiger partial charge in [-0.1, -0.05) is 6.07 Å². The smallest absolute Gasteiger partial charge is 0.262 e. The van der Waals surface area contributed by atoms with Crippen molar-refractivity contribution >= 4 is 39.8 Å². The maximum absolute atomic E-state index is 13.0. The highest BCUT2D eigenvalue weighted by molar-refractivity contribution is 6.02. The number of aryl methyl sites for hydroxylation is 4. The molecule has 0 unspecified atom stereocenters. The summed E-state index contributed by atoms with van der Waals surface area (Å²) in [4.78, 5) is 34.4. The first-order valence-corrected chi connectivity index (χ1v) is 10.7. The Balaban J connectivity index is 1.80. The molecule has 0 fully saturated rings. The Hall–Kier alpha value is -4.14. The van der Waals surface area contributed by atoms with Crippen LogP contribution in [0.15, 0.2) is 47.8 Å². The van der Waals surface area contributed by atoms with Gasteiger partial charge in [0.25, 0.3) is 11.5 Å². The van der Waals surface area contributed by atoms with Gasteiger partial charge in [-0.25, -0.2) is 9.97 Å². The van der Waals surface area contributed by atoms with Gasteiger partial charge in [0.15, 0.2) is 0 Å². The van der Waals surface area contributed by atoms with Crippen molar-refractivity contribution < 1.29 is 4.79 Å². The van der Waals surface area contributed by atoms with Gasteiger partial charge in [0.2, 0.25) is 0 Å². The zero-order valence-electron chi connectivity index (χ0n) is 19.4. The predicted octanol–water partition coefficient (Wildman–Crippen LogP) is 3.61. The van der Waals surface area contributed by atoms with Crippen LogP contribution in [0.1, 0.15) is 28.4 Å². The Morgan fingerprint density at radius 1 is 1.09 bits per heavy atom. The highest BCUT2D eigenvalue weighted by Crippen LogP contribution is 2.29. The standard InChI is InChI=1S/C24H27N7O2/c1-6-31-8-7-19-21(24(31)33)18(13-30(19)5)28-17-10-20(26-12-16(17)23(32)25-4)29-22-15(3)9-14(2)11-27-22/h7-13H,6H2,1-5H3,(H,25,32)(H2,26,27,28,29). The molecule has 0 aliphatic heterocycles. The molecule has 170 valence electrons. The lowest BCUT2D eigenvalue weighted by molar-refractivity contribution is 0.0963. The van der Waals surface area contributed by atoms with Crippen molar-refractivity contribution in [1.82, 2.24) is 24.4 Å². The number of nitrogens with zero attached hydrogens (tertiary/aromatic N) is 4. The molecule has 4 rings (SSSR count). The second kappa shape index (κ2) is 8.78. The maximum Gasteiger partial charge on any atom is 0.262 e. The van der Waals surface area contributed by atoms with Gasteiger partial charge < -0.3 is 25.1 Å². The van der Waals surface area contributed by atoms with E-state index < -0.39 is 0 Å². The van der Waals surface area contributed by atoms with E-state index in [1.54, 1.807) is 30.1 Å². The Morgan fingerprint density at radius 2 is 1.88 bits per heavy atom. The van der Waals surface area contributed by atoms with Gasteiger partial charge in [0, 0.05) is 51.5 Å². The minimum atomic E-state index is -0.285. The number of fused-ring (bicyclic) bond motifs is 1. The third-order valence-electron chi connectivity index (χ3n) is 5.56. The van der Waals surface area contributed by atoms with Crippen LogP contribution in [-0.2, 0) is 13.6 Å². The summed E-state index contributed by atoms with van der Waals surface area (Å²) < 4.78 is 3.54. The summed E-state index contributed by atoms with van der Waals surface area (Å²) in [5, 5.41) is 9.72. The van der Waals surface area contributed by atoms with Gasteiger partial charge in [-0.05, 0) is 38.0 Å². The Bertz CT molecular complexity index is 1420. The average molecular weight is 446 g/mol. The van der Waals surface area contributed by atoms with Gasteiger partial charge in [-0.15, -0.1) is 0 Å². The fourth-order valence-electron chi connectivity index (χ4n) is 3.84. The lowest BCUT2D eigenvalue weighted by atomic mass is 10.2. The lowest BCUT2D eigenvalue weighted by Crippen LogP contribution is -2.20. The fourth-order valence-corrected chi connectivity index (χ4v) is 3.84. The maximum atomic E-state index is 13.0. The topological polar surface area (TPSA) is 106 Å². The monoisotopic (exact) mass is 445 g/mol. The zero-order valence-corrected chi connectivity index (χ0v) is 19.4. The number of carbonyl (C=O) groups excluding carboxylic acids is 1. The number of carbonyl (C=O) groups is 1. The quantitative estimate of drug-likeness (QED) is 0.419. The van der Waals surface area contributed by atoms with Crippen molar-refractivity contribution in [3.8, 4) is 0 Å². The second-order valence-corrected chi connectivity index (χ2v) is 7.94. The molecular weight excluding hydrogens is 418 g/mol. The molecule has 0 spiro atoms. The molecule has 9 nitrogen and oxygen atoms in total. The van der Waals surface area contributed by atoms with Crippen LogP contribution in [0.2, 0.25) is 0 Å². The van der Waals surface area contributed by atoms with Gasteiger partial charge in [0.05, 0.1) is 27.8 Å². The van der Waals surface area contributed by atoms with Crippen molar-refractivity contribution in [2.45, 2.75) is 27.3 Å². The lowest BCUT2D eigenvalue weighted by Gasteiger charge is -2.14. The van der Waals surface area contributed by atoms with E-state index in [4.69, 9.17) is 0 Å². The number of pyridine rings is 3. The second-order valence-electron chi connectivity index (χ2n) is 7.94. The molecule has 1 amide bonds. The normalized spacial score (nSPS) is 10.9. The third-order valence-corrected chi connectivity index (χ3v) is 5.56. The average Bonchev–Trinajstić information content (AvgIpc) is 3.11. The van der Waals surface area contributed by atoms with Gasteiger partial charge in [-0.2, -0.15) is 0 Å². The number of amides is 1. The van der Waals surface area contributed by atoms with Crippen molar-refractivity contribution in [3.63, 3.8) is 0 Å². The molecule has 0 aliphatic carbocycles. The molecule has 0 atom stereocenters. The van der Waals surface area contributed by atoms with E-state index in [2.05, 4.69) is 25.9 Å². The predicted molar refractivity (Wildman–Crippen MR) is 131 cm³/mol. The Kier molecular flexibility index (Phi) is 5.87. The summed E-state index contributed by atoms with van der Waals surface area (Å²) in [5.41, 5.74) is 4.27. The summed E-state index contributed by atoms with van der Waals surface area (Å²) in [6, 6.07) is 5.68. The summed E-state index contributed by atoms with van der Waals surface area (Å²) in [6.07, 6.45) is 6.92. The van der Waals surface area contributed by atoms with Crippen LogP contribution in [0.25, 0.3) is 10.9 Å². The van der Waals surface area contributed by atoms with Crippen molar-refractivity contribution in [3.05, 3.63) is 70.0 Å². The number of anilines is 4. The molecule has 0 bridgehead atoms. The third kappa shape index (κ3) is 4.17. The molecule has 4 aromatic heterocycles. The van der Waals surface area contributed by atoms with Crippen molar-refractivity contribution in [2.24, 2.45) is 7.05 Å². The Labute approximate surface area is 191 Å². The molecule has 4 aromatic rings. The van der Waals surface area contributed by atoms with E-state index in [1.165, 1.54) is 6.20 Å². The molecule has 0 radical (unpaired) electrons. The summed E-state index contributed by atoms with van der Waals surface area (Å²) in [7, 11) is 3.45. The summed E-state index contributed by atoms with van der Waals surface area (Å²) >= 11 is 0. The molecule has 0 aliphatic rings. The number of hydrogen-bond acceptors (Lipinski definition) is 6. The van der Waals surface area contributed by atoms with Crippen molar-refractivity contribution in [1.29, 1.82) is 0 Å². The number of hydrogen-bond donors (Lipinski definition) is 3. The minimum Gasteiger partial charge on any atom is -0.355 e. The van der Waals surface area contributed by atoms with Gasteiger partial charge in [-0.3, -0.25) is 9.59 Å². The van der Waals surface area contributed by atoms with Crippen LogP contribution < -0.4 is 21.5 Å². The minimum absolute atomic E-state index is 0.0912. The van der Waals surface area contributed by atoms with Crippen LogP contribution in [-0.4, -0.2) is 32.1 Å². The first-order chi connectivity index (χ1) is 15.8. The van der Waals surface area contributed by atoms with Crippen LogP contribution in [0.5, 0.6) is 0 Å². The molecule has 3 N–H and O–H groups in total. The molecule has 0 saturated carbocycles. The molecule has 0 aromatic carbocycles. The van der Waals surface area contributed by atoms with Gasteiger partial charge >= 0.3 is 0 Å². The van der Waals surface area contributed by atoms with E-state index in [0.717, 1.165) is 16.6 Å². The molecule has 0 saturated heterocycles. The number of aromatic nitrogens is 4. The first kappa shape index (κ1) is 22.1. The van der Waals surface area contributed by atoms with Crippen LogP contribution >= 0.6 is 0 Å². The highest BCUT2D eigenvalue weighted by atomic mass is 16.1. The van der Waals surface area contributed by atoms with Crippen molar-refractivity contribution in [2.75, 3.05) is 17.7 Å². The fraction of sp³-hybridized carbons (Fsp3) is 0.250. The summed E-state index contributed by atoms with van der Waals surface area (Å²) in [5.74, 6) is 0.922. The zero-order chi connectivity index (χ0) is 23.7. The SMILES string of the molecule is CCn1ccc2c(c(Nc3cc(Nc4ncc(C)cc4C)ncc3C(=O)NC)cn2C)c1=O. The van der Waals surface area contributed by atoms with Crippen LogP contribution in [0, 0.1) is 13.8 Å². The van der Waals surface area contributed by atoms with Crippen LogP contribution in [0.3, 0.4) is 0 Å². The Morgan fingerprint density at radius 3 is 2.58 bits per heavy atom. The van der Waals surface area contributed by atoms with E-state index in [9.17, 15) is 9.59 Å². The molecule has 33 heavy (non-hydrogen) atoms. The molecular formula is C24H27N7O2. The summed E-state index contributed by atoms with van der Waals surface area (Å²) in [6.45, 7) is 6.45. The first-order valence-electron chi connectivity index (χ1n) is 10.7. The molecule has 9 heteroatoms.